The monoisotopic (exact) mass is 249 g/mol. The van der Waals surface area contributed by atoms with Crippen molar-refractivity contribution in [3.05, 3.63) is 24.0 Å². The van der Waals surface area contributed by atoms with Crippen LogP contribution in [0.25, 0.3) is 0 Å². The molecule has 1 aromatic heterocycles. The lowest BCUT2D eigenvalue weighted by Gasteiger charge is -2.20. The van der Waals surface area contributed by atoms with Crippen molar-refractivity contribution >= 4 is 12.2 Å². The number of hydrogen-bond acceptors (Lipinski definition) is 3. The summed E-state index contributed by atoms with van der Waals surface area (Å²) in [6, 6.07) is 3.58. The van der Waals surface area contributed by atoms with E-state index in [4.69, 9.17) is 0 Å². The maximum Gasteiger partial charge on any atom is 0.224 e. The van der Waals surface area contributed by atoms with Crippen molar-refractivity contribution in [3.63, 3.8) is 0 Å². The second-order valence-corrected chi connectivity index (χ2v) is 4.48. The van der Waals surface area contributed by atoms with Gasteiger partial charge in [0, 0.05) is 38.8 Å². The van der Waals surface area contributed by atoms with Crippen molar-refractivity contribution in [3.8, 4) is 0 Å². The Morgan fingerprint density at radius 2 is 2.28 bits per heavy atom. The van der Waals surface area contributed by atoms with Crippen LogP contribution in [0, 0.1) is 0 Å². The molecule has 0 spiro atoms. The summed E-state index contributed by atoms with van der Waals surface area (Å²) in [7, 11) is 0. The van der Waals surface area contributed by atoms with Gasteiger partial charge in [0.15, 0.2) is 6.29 Å². The molecule has 5 heteroatoms. The summed E-state index contributed by atoms with van der Waals surface area (Å²) in [6.07, 6.45) is 4.12. The Kier molecular flexibility index (Phi) is 4.52. The van der Waals surface area contributed by atoms with Crippen LogP contribution in [0.3, 0.4) is 0 Å². The van der Waals surface area contributed by atoms with Crippen LogP contribution in [-0.4, -0.2) is 47.8 Å². The van der Waals surface area contributed by atoms with Gasteiger partial charge in [-0.15, -0.1) is 0 Å². The number of nitrogens with one attached hydrogen (secondary N) is 1. The van der Waals surface area contributed by atoms with E-state index in [0.29, 0.717) is 18.7 Å². The van der Waals surface area contributed by atoms with E-state index in [0.717, 1.165) is 38.9 Å². The van der Waals surface area contributed by atoms with Gasteiger partial charge in [-0.1, -0.05) is 0 Å². The molecular weight excluding hydrogens is 230 g/mol. The molecule has 0 aromatic carbocycles. The molecule has 5 nitrogen and oxygen atoms in total. The van der Waals surface area contributed by atoms with E-state index >= 15 is 0 Å². The molecule has 0 radical (unpaired) electrons. The maximum absolute atomic E-state index is 12.0. The van der Waals surface area contributed by atoms with Crippen LogP contribution in [0.1, 0.15) is 23.3 Å². The molecule has 0 aliphatic carbocycles. The number of nitrogens with zero attached hydrogens (tertiary/aromatic N) is 2. The van der Waals surface area contributed by atoms with E-state index in [9.17, 15) is 9.59 Å². The van der Waals surface area contributed by atoms with Crippen LogP contribution in [0.4, 0.5) is 0 Å². The Morgan fingerprint density at radius 3 is 3.11 bits per heavy atom. The topological polar surface area (TPSA) is 54.3 Å². The minimum absolute atomic E-state index is 0.171. The second-order valence-electron chi connectivity index (χ2n) is 4.48. The minimum atomic E-state index is 0.171. The number of hydrogen-bond donors (Lipinski definition) is 1. The average Bonchev–Trinajstić information content (AvgIpc) is 2.67. The van der Waals surface area contributed by atoms with Crippen LogP contribution in [-0.2, 0) is 11.3 Å². The van der Waals surface area contributed by atoms with Crippen LogP contribution in [0.15, 0.2) is 18.3 Å². The van der Waals surface area contributed by atoms with Crippen LogP contribution in [0.2, 0.25) is 0 Å². The summed E-state index contributed by atoms with van der Waals surface area (Å²) < 4.78 is 1.82. The highest BCUT2D eigenvalue weighted by molar-refractivity contribution is 5.76. The van der Waals surface area contributed by atoms with Crippen molar-refractivity contribution < 1.29 is 9.59 Å². The molecule has 1 aliphatic rings. The highest BCUT2D eigenvalue weighted by Crippen LogP contribution is 2.04. The van der Waals surface area contributed by atoms with Gasteiger partial charge in [0.1, 0.15) is 0 Å². The Balaban J connectivity index is 1.85. The molecule has 0 bridgehead atoms. The van der Waals surface area contributed by atoms with Crippen LogP contribution in [0.5, 0.6) is 0 Å². The largest absolute Gasteiger partial charge is 0.345 e. The fourth-order valence-electron chi connectivity index (χ4n) is 2.21. The van der Waals surface area contributed by atoms with E-state index < -0.39 is 0 Å². The van der Waals surface area contributed by atoms with Gasteiger partial charge in [-0.25, -0.2) is 0 Å². The fraction of sp³-hybridized carbons (Fsp3) is 0.538. The van der Waals surface area contributed by atoms with E-state index in [1.54, 1.807) is 6.07 Å². The Hall–Kier alpha value is -1.62. The number of rotatable bonds is 4. The standard InChI is InChI=1S/C13H19N3O2/c17-11-12-3-1-7-15(12)9-4-13(18)16-8-2-5-14-6-10-16/h1,3,7,11,14H,2,4-6,8-10H2. The lowest BCUT2D eigenvalue weighted by Crippen LogP contribution is -2.34. The highest BCUT2D eigenvalue weighted by Gasteiger charge is 2.15. The SMILES string of the molecule is O=Cc1cccn1CCC(=O)N1CCCNCC1. The third-order valence-corrected chi connectivity index (χ3v) is 3.24. The van der Waals surface area contributed by atoms with E-state index in [2.05, 4.69) is 5.32 Å². The molecule has 0 unspecified atom stereocenters. The summed E-state index contributed by atoms with van der Waals surface area (Å²) in [5, 5.41) is 3.27. The predicted molar refractivity (Wildman–Crippen MR) is 68.5 cm³/mol. The molecule has 1 saturated heterocycles. The van der Waals surface area contributed by atoms with E-state index in [1.807, 2.05) is 21.7 Å². The summed E-state index contributed by atoms with van der Waals surface area (Å²) in [6.45, 7) is 4.04. The molecule has 2 heterocycles. The van der Waals surface area contributed by atoms with E-state index in [-0.39, 0.29) is 5.91 Å². The maximum atomic E-state index is 12.0. The zero-order valence-electron chi connectivity index (χ0n) is 10.5. The molecule has 18 heavy (non-hydrogen) atoms. The molecule has 0 atom stereocenters. The zero-order chi connectivity index (χ0) is 12.8. The number of amides is 1. The average molecular weight is 249 g/mol. The van der Waals surface area contributed by atoms with Crippen molar-refractivity contribution in [2.24, 2.45) is 0 Å². The zero-order valence-corrected chi connectivity index (χ0v) is 10.5. The summed E-state index contributed by atoms with van der Waals surface area (Å²) in [4.78, 5) is 24.7. The van der Waals surface area contributed by atoms with Crippen LogP contribution < -0.4 is 5.32 Å². The number of carbonyl (C=O) groups is 2. The molecule has 98 valence electrons. The first-order valence-electron chi connectivity index (χ1n) is 6.40. The molecule has 1 N–H and O–H groups in total. The molecular formula is C13H19N3O2. The van der Waals surface area contributed by atoms with Gasteiger partial charge in [0.05, 0.1) is 5.69 Å². The van der Waals surface area contributed by atoms with Crippen molar-refractivity contribution in [1.82, 2.24) is 14.8 Å². The number of aldehydes is 1. The van der Waals surface area contributed by atoms with Gasteiger partial charge in [0.25, 0.3) is 0 Å². The first-order valence-corrected chi connectivity index (χ1v) is 6.40. The predicted octanol–water partition coefficient (Wildman–Crippen LogP) is 0.513. The summed E-state index contributed by atoms with van der Waals surface area (Å²) >= 11 is 0. The highest BCUT2D eigenvalue weighted by atomic mass is 16.2. The summed E-state index contributed by atoms with van der Waals surface area (Å²) in [5.74, 6) is 0.171. The third-order valence-electron chi connectivity index (χ3n) is 3.24. The van der Waals surface area contributed by atoms with Gasteiger partial charge in [-0.05, 0) is 25.1 Å². The Morgan fingerprint density at radius 1 is 1.39 bits per heavy atom. The molecule has 2 rings (SSSR count). The number of carbonyl (C=O) groups excluding carboxylic acids is 2. The Bertz CT molecular complexity index is 406. The molecule has 1 amide bonds. The van der Waals surface area contributed by atoms with E-state index in [1.165, 1.54) is 0 Å². The molecule has 1 aliphatic heterocycles. The molecule has 1 fully saturated rings. The van der Waals surface area contributed by atoms with Crippen molar-refractivity contribution in [2.75, 3.05) is 26.2 Å². The summed E-state index contributed by atoms with van der Waals surface area (Å²) in [5.41, 5.74) is 0.625. The van der Waals surface area contributed by atoms with Gasteiger partial charge >= 0.3 is 0 Å². The van der Waals surface area contributed by atoms with Gasteiger partial charge in [0.2, 0.25) is 5.91 Å². The van der Waals surface area contributed by atoms with Crippen molar-refractivity contribution in [2.45, 2.75) is 19.4 Å². The second kappa shape index (κ2) is 6.35. The first-order chi connectivity index (χ1) is 8.81. The van der Waals surface area contributed by atoms with Crippen LogP contribution >= 0.6 is 0 Å². The fourth-order valence-corrected chi connectivity index (χ4v) is 2.21. The molecule has 1 aromatic rings. The quantitative estimate of drug-likeness (QED) is 0.791. The number of aromatic nitrogens is 1. The van der Waals surface area contributed by atoms with Gasteiger partial charge in [-0.2, -0.15) is 0 Å². The Labute approximate surface area is 107 Å². The van der Waals surface area contributed by atoms with Gasteiger partial charge in [-0.3, -0.25) is 9.59 Å². The third kappa shape index (κ3) is 3.20. The lowest BCUT2D eigenvalue weighted by atomic mass is 10.3. The van der Waals surface area contributed by atoms with Crippen molar-refractivity contribution in [1.29, 1.82) is 0 Å². The minimum Gasteiger partial charge on any atom is -0.345 e. The first kappa shape index (κ1) is 12.8. The van der Waals surface area contributed by atoms with Gasteiger partial charge < -0.3 is 14.8 Å². The normalized spacial score (nSPS) is 16.3. The number of aryl methyl sites for hydroxylation is 1. The lowest BCUT2D eigenvalue weighted by molar-refractivity contribution is -0.131. The molecule has 0 saturated carbocycles. The smallest absolute Gasteiger partial charge is 0.224 e.